The normalized spacial score (nSPS) is 17.0. The van der Waals surface area contributed by atoms with Gasteiger partial charge in [-0.25, -0.2) is 0 Å². The molecule has 3 rings (SSSR count). The van der Waals surface area contributed by atoms with Gasteiger partial charge in [0.15, 0.2) is 5.78 Å². The molecule has 0 aliphatic carbocycles. The topological polar surface area (TPSA) is 69.7 Å². The number of hydrogen-bond donors (Lipinski definition) is 0. The highest BCUT2D eigenvalue weighted by atomic mass is 16.5. The standard InChI is InChI=1S/C21H20O5/c1-2-25-20(23)17(13-18(22)14-8-4-3-5-9-14)16-12-15-10-6-7-11-19(15)26-21(16)24/h3-11,16-17H,2,12-13H2,1H3/t16-,17-/m0/s1. The van der Waals surface area contributed by atoms with E-state index in [0.29, 0.717) is 17.7 Å². The third-order valence-corrected chi connectivity index (χ3v) is 4.50. The maximum Gasteiger partial charge on any atom is 0.315 e. The van der Waals surface area contributed by atoms with E-state index in [9.17, 15) is 14.4 Å². The van der Waals surface area contributed by atoms with E-state index in [1.54, 1.807) is 43.3 Å². The minimum Gasteiger partial charge on any atom is -0.466 e. The average Bonchev–Trinajstić information content (AvgIpc) is 2.66. The van der Waals surface area contributed by atoms with Crippen molar-refractivity contribution in [1.29, 1.82) is 0 Å². The van der Waals surface area contributed by atoms with Gasteiger partial charge in [0.25, 0.3) is 0 Å². The summed E-state index contributed by atoms with van der Waals surface area (Å²) in [6, 6.07) is 15.9. The van der Waals surface area contributed by atoms with Crippen molar-refractivity contribution >= 4 is 17.7 Å². The van der Waals surface area contributed by atoms with Gasteiger partial charge in [-0.15, -0.1) is 0 Å². The minimum absolute atomic E-state index is 0.0925. The van der Waals surface area contributed by atoms with Crippen molar-refractivity contribution in [2.45, 2.75) is 19.8 Å². The number of Topliss-reactive ketones (excluding diaryl/α,β-unsaturated/α-hetero) is 1. The number of hydrogen-bond acceptors (Lipinski definition) is 5. The molecule has 5 heteroatoms. The number of para-hydroxylation sites is 1. The van der Waals surface area contributed by atoms with Gasteiger partial charge in [0.05, 0.1) is 18.4 Å². The molecule has 0 spiro atoms. The maximum atomic E-state index is 12.6. The van der Waals surface area contributed by atoms with Gasteiger partial charge in [-0.1, -0.05) is 48.5 Å². The molecule has 2 aromatic carbocycles. The van der Waals surface area contributed by atoms with Crippen LogP contribution in [0.5, 0.6) is 5.75 Å². The molecule has 1 heterocycles. The predicted molar refractivity (Wildman–Crippen MR) is 94.8 cm³/mol. The Morgan fingerprint density at radius 1 is 1.12 bits per heavy atom. The fourth-order valence-electron chi connectivity index (χ4n) is 3.16. The number of esters is 2. The Morgan fingerprint density at radius 3 is 2.54 bits per heavy atom. The number of ketones is 1. The Bertz CT molecular complexity index is 812. The molecule has 0 saturated carbocycles. The van der Waals surface area contributed by atoms with Crippen molar-refractivity contribution in [3.8, 4) is 5.75 Å². The lowest BCUT2D eigenvalue weighted by molar-refractivity contribution is -0.157. The van der Waals surface area contributed by atoms with Crippen LogP contribution in [0.2, 0.25) is 0 Å². The summed E-state index contributed by atoms with van der Waals surface area (Å²) < 4.78 is 10.5. The SMILES string of the molecule is CCOC(=O)[C@@H](CC(=O)c1ccccc1)[C@@H]1Cc2ccccc2OC1=O. The molecule has 0 fully saturated rings. The first-order valence-corrected chi connectivity index (χ1v) is 8.64. The molecule has 1 aliphatic heterocycles. The smallest absolute Gasteiger partial charge is 0.315 e. The Balaban J connectivity index is 1.85. The Hall–Kier alpha value is -2.95. The fourth-order valence-corrected chi connectivity index (χ4v) is 3.16. The molecule has 2 aromatic rings. The number of fused-ring (bicyclic) bond motifs is 1. The van der Waals surface area contributed by atoms with Crippen LogP contribution < -0.4 is 4.74 Å². The van der Waals surface area contributed by atoms with Crippen molar-refractivity contribution in [3.05, 3.63) is 65.7 Å². The minimum atomic E-state index is -0.872. The van der Waals surface area contributed by atoms with E-state index in [0.717, 1.165) is 5.56 Å². The zero-order valence-corrected chi connectivity index (χ0v) is 14.5. The third-order valence-electron chi connectivity index (χ3n) is 4.50. The Morgan fingerprint density at radius 2 is 1.81 bits per heavy atom. The summed E-state index contributed by atoms with van der Waals surface area (Å²) in [5.74, 6) is -2.35. The van der Waals surface area contributed by atoms with E-state index in [1.807, 2.05) is 18.2 Å². The molecular weight excluding hydrogens is 332 g/mol. The van der Waals surface area contributed by atoms with E-state index in [-0.39, 0.29) is 18.8 Å². The number of benzene rings is 2. The molecular formula is C21H20O5. The first-order valence-electron chi connectivity index (χ1n) is 8.64. The summed E-state index contributed by atoms with van der Waals surface area (Å²) in [7, 11) is 0. The van der Waals surface area contributed by atoms with Crippen LogP contribution in [0.3, 0.4) is 0 Å². The highest BCUT2D eigenvalue weighted by Gasteiger charge is 2.40. The van der Waals surface area contributed by atoms with Gasteiger partial charge in [-0.2, -0.15) is 0 Å². The quantitative estimate of drug-likeness (QED) is 0.454. The van der Waals surface area contributed by atoms with Crippen molar-refractivity contribution in [1.82, 2.24) is 0 Å². The monoisotopic (exact) mass is 352 g/mol. The summed E-state index contributed by atoms with van der Waals surface area (Å²) in [5, 5.41) is 0. The maximum absolute atomic E-state index is 12.6. The molecule has 0 unspecified atom stereocenters. The van der Waals surface area contributed by atoms with Gasteiger partial charge in [0.2, 0.25) is 0 Å². The molecule has 0 radical (unpaired) electrons. The van der Waals surface area contributed by atoms with Crippen molar-refractivity contribution < 1.29 is 23.9 Å². The lowest BCUT2D eigenvalue weighted by Gasteiger charge is -2.28. The van der Waals surface area contributed by atoms with Gasteiger partial charge in [-0.05, 0) is 25.0 Å². The first-order chi connectivity index (χ1) is 12.6. The molecule has 0 N–H and O–H groups in total. The summed E-state index contributed by atoms with van der Waals surface area (Å²) in [6.07, 6.45) is 0.255. The second-order valence-electron chi connectivity index (χ2n) is 6.19. The van der Waals surface area contributed by atoms with Crippen molar-refractivity contribution in [2.75, 3.05) is 6.61 Å². The van der Waals surface area contributed by atoms with E-state index in [1.165, 1.54) is 0 Å². The van der Waals surface area contributed by atoms with Gasteiger partial charge < -0.3 is 9.47 Å². The second-order valence-corrected chi connectivity index (χ2v) is 6.19. The Kier molecular flexibility index (Phi) is 5.46. The lowest BCUT2D eigenvalue weighted by Crippen LogP contribution is -2.39. The average molecular weight is 352 g/mol. The van der Waals surface area contributed by atoms with Crippen LogP contribution >= 0.6 is 0 Å². The van der Waals surface area contributed by atoms with Crippen molar-refractivity contribution in [3.63, 3.8) is 0 Å². The van der Waals surface area contributed by atoms with Crippen LogP contribution in [0, 0.1) is 11.8 Å². The number of ether oxygens (including phenoxy) is 2. The van der Waals surface area contributed by atoms with Crippen LogP contribution in [0.25, 0.3) is 0 Å². The molecule has 5 nitrogen and oxygen atoms in total. The molecule has 0 bridgehead atoms. The largest absolute Gasteiger partial charge is 0.466 e. The second kappa shape index (κ2) is 7.95. The molecule has 26 heavy (non-hydrogen) atoms. The van der Waals surface area contributed by atoms with Crippen LogP contribution in [0.1, 0.15) is 29.3 Å². The van der Waals surface area contributed by atoms with Crippen LogP contribution in [0.15, 0.2) is 54.6 Å². The Labute approximate surface area is 151 Å². The highest BCUT2D eigenvalue weighted by molar-refractivity contribution is 5.99. The van der Waals surface area contributed by atoms with Crippen LogP contribution in [-0.2, 0) is 20.7 Å². The van der Waals surface area contributed by atoms with E-state index in [4.69, 9.17) is 9.47 Å². The molecule has 0 saturated heterocycles. The highest BCUT2D eigenvalue weighted by Crippen LogP contribution is 2.33. The third kappa shape index (κ3) is 3.82. The number of rotatable bonds is 6. The zero-order valence-electron chi connectivity index (χ0n) is 14.5. The van der Waals surface area contributed by atoms with Crippen LogP contribution in [0.4, 0.5) is 0 Å². The number of carbonyl (C=O) groups excluding carboxylic acids is 3. The van der Waals surface area contributed by atoms with Crippen molar-refractivity contribution in [2.24, 2.45) is 11.8 Å². The van der Waals surface area contributed by atoms with Gasteiger partial charge in [-0.3, -0.25) is 14.4 Å². The van der Waals surface area contributed by atoms with E-state index < -0.39 is 23.8 Å². The molecule has 1 aliphatic rings. The van der Waals surface area contributed by atoms with E-state index in [2.05, 4.69) is 0 Å². The predicted octanol–water partition coefficient (Wildman–Crippen LogP) is 3.22. The lowest BCUT2D eigenvalue weighted by atomic mass is 9.81. The molecule has 0 aromatic heterocycles. The zero-order chi connectivity index (χ0) is 18.5. The van der Waals surface area contributed by atoms with Crippen LogP contribution in [-0.4, -0.2) is 24.3 Å². The summed E-state index contributed by atoms with van der Waals surface area (Å²) in [5.41, 5.74) is 1.35. The van der Waals surface area contributed by atoms with Gasteiger partial charge >= 0.3 is 11.9 Å². The van der Waals surface area contributed by atoms with Gasteiger partial charge in [0, 0.05) is 12.0 Å². The summed E-state index contributed by atoms with van der Waals surface area (Å²) in [4.78, 5) is 37.6. The fraction of sp³-hybridized carbons (Fsp3) is 0.286. The number of carbonyl (C=O) groups is 3. The molecule has 2 atom stereocenters. The summed E-state index contributed by atoms with van der Waals surface area (Å²) >= 11 is 0. The van der Waals surface area contributed by atoms with Gasteiger partial charge in [0.1, 0.15) is 5.75 Å². The molecule has 134 valence electrons. The summed E-state index contributed by atoms with van der Waals surface area (Å²) in [6.45, 7) is 1.88. The first kappa shape index (κ1) is 17.9. The van der Waals surface area contributed by atoms with E-state index >= 15 is 0 Å². The molecule has 0 amide bonds.